The fourth-order valence-corrected chi connectivity index (χ4v) is 4.98. The molecule has 3 aliphatic rings. The third-order valence-corrected chi connectivity index (χ3v) is 6.87. The number of hydroxylamine groups is 1. The lowest BCUT2D eigenvalue weighted by Gasteiger charge is -2.40. The van der Waals surface area contributed by atoms with E-state index in [-0.39, 0.29) is 18.6 Å². The summed E-state index contributed by atoms with van der Waals surface area (Å²) in [4.78, 5) is 41.5. The number of piperidine rings is 2. The molecule has 9 nitrogen and oxygen atoms in total. The molecule has 3 heterocycles. The van der Waals surface area contributed by atoms with Crippen LogP contribution in [0.2, 0.25) is 0 Å². The highest BCUT2D eigenvalue weighted by molar-refractivity contribution is 5.88. The van der Waals surface area contributed by atoms with Crippen molar-refractivity contribution in [3.05, 3.63) is 35.9 Å². The Morgan fingerprint density at radius 2 is 1.69 bits per heavy atom. The number of likely N-dealkylation sites (tertiary alicyclic amines) is 2. The highest BCUT2D eigenvalue weighted by Gasteiger charge is 2.43. The summed E-state index contributed by atoms with van der Waals surface area (Å²) in [5.74, 6) is -1.70. The van der Waals surface area contributed by atoms with E-state index in [1.54, 1.807) is 5.48 Å². The molecule has 0 aliphatic carbocycles. The molecule has 174 valence electrons. The first-order chi connectivity index (χ1) is 15.6. The largest absolute Gasteiger partial charge is 0.444 e. The number of carbonyl (C=O) groups excluding carboxylic acids is 3. The maximum Gasteiger partial charge on any atom is 0.410 e. The van der Waals surface area contributed by atoms with Gasteiger partial charge in [0, 0.05) is 32.6 Å². The van der Waals surface area contributed by atoms with Crippen molar-refractivity contribution in [3.63, 3.8) is 0 Å². The zero-order valence-corrected chi connectivity index (χ0v) is 18.2. The predicted molar refractivity (Wildman–Crippen MR) is 114 cm³/mol. The molecule has 0 radical (unpaired) electrons. The number of nitrogens with one attached hydrogen (secondary N) is 1. The summed E-state index contributed by atoms with van der Waals surface area (Å²) in [6.07, 6.45) is 1.97. The third-order valence-electron chi connectivity index (χ3n) is 6.87. The van der Waals surface area contributed by atoms with Crippen LogP contribution in [-0.2, 0) is 19.1 Å². The summed E-state index contributed by atoms with van der Waals surface area (Å²) in [6.45, 7) is 2.57. The smallest absolute Gasteiger partial charge is 0.410 e. The van der Waals surface area contributed by atoms with E-state index in [1.807, 2.05) is 23.1 Å². The Kier molecular flexibility index (Phi) is 7.26. The first kappa shape index (κ1) is 22.5. The Hall–Kier alpha value is -2.65. The van der Waals surface area contributed by atoms with E-state index in [0.717, 1.165) is 12.8 Å². The summed E-state index contributed by atoms with van der Waals surface area (Å²) in [5.41, 5.74) is 2.96. The van der Waals surface area contributed by atoms with Gasteiger partial charge in [0.25, 0.3) is 0 Å². The van der Waals surface area contributed by atoms with Crippen molar-refractivity contribution in [2.75, 3.05) is 39.4 Å². The van der Waals surface area contributed by atoms with Crippen molar-refractivity contribution in [3.8, 4) is 0 Å². The van der Waals surface area contributed by atoms with Crippen LogP contribution >= 0.6 is 0 Å². The van der Waals surface area contributed by atoms with Crippen molar-refractivity contribution in [1.82, 2.24) is 15.3 Å². The second kappa shape index (κ2) is 10.3. The molecule has 2 N–H and O–H groups in total. The lowest BCUT2D eigenvalue weighted by molar-refractivity contribution is -0.148. The van der Waals surface area contributed by atoms with Crippen LogP contribution in [0.4, 0.5) is 4.79 Å². The molecule has 32 heavy (non-hydrogen) atoms. The molecule has 3 atom stereocenters. The molecule has 3 amide bonds. The summed E-state index contributed by atoms with van der Waals surface area (Å²) in [5, 5.41) is 9.24. The van der Waals surface area contributed by atoms with Gasteiger partial charge in [0.15, 0.2) is 0 Å². The molecule has 0 saturated carbocycles. The maximum absolute atomic E-state index is 13.3. The van der Waals surface area contributed by atoms with Crippen molar-refractivity contribution in [1.29, 1.82) is 0 Å². The second-order valence-electron chi connectivity index (χ2n) is 8.80. The molecule has 1 aromatic carbocycles. The number of hydrogen-bond donors (Lipinski definition) is 2. The summed E-state index contributed by atoms with van der Waals surface area (Å²) < 4.78 is 10.7. The molecule has 1 aromatic rings. The highest BCUT2D eigenvalue weighted by atomic mass is 16.6. The van der Waals surface area contributed by atoms with Gasteiger partial charge in [-0.05, 0) is 30.7 Å². The van der Waals surface area contributed by atoms with Crippen LogP contribution < -0.4 is 5.48 Å². The topological polar surface area (TPSA) is 108 Å². The molecule has 9 heteroatoms. The van der Waals surface area contributed by atoms with E-state index < -0.39 is 23.8 Å². The lowest BCUT2D eigenvalue weighted by atomic mass is 9.82. The van der Waals surface area contributed by atoms with Crippen LogP contribution in [0, 0.1) is 11.8 Å². The average Bonchev–Trinajstić information content (AvgIpc) is 3.36. The van der Waals surface area contributed by atoms with E-state index in [2.05, 4.69) is 12.1 Å². The molecule has 0 aromatic heterocycles. The summed E-state index contributed by atoms with van der Waals surface area (Å²) >= 11 is 0. The Morgan fingerprint density at radius 1 is 0.969 bits per heavy atom. The Labute approximate surface area is 187 Å². The monoisotopic (exact) mass is 445 g/mol. The van der Waals surface area contributed by atoms with Gasteiger partial charge in [0.1, 0.15) is 6.10 Å². The van der Waals surface area contributed by atoms with Crippen LogP contribution in [0.3, 0.4) is 0 Å². The quantitative estimate of drug-likeness (QED) is 0.540. The minimum absolute atomic E-state index is 0.0374. The number of rotatable bonds is 4. The summed E-state index contributed by atoms with van der Waals surface area (Å²) in [7, 11) is 0. The zero-order valence-electron chi connectivity index (χ0n) is 18.2. The molecule has 3 aliphatic heterocycles. The number of benzene rings is 1. The SMILES string of the molecule is O=C(NO)[C@H]1CN(C(=O)OC2CCOC2)CC[C@@H]1C(=O)N1CCC(c2ccccc2)CC1. The molecule has 0 bridgehead atoms. The summed E-state index contributed by atoms with van der Waals surface area (Å²) in [6, 6.07) is 10.3. The van der Waals surface area contributed by atoms with Gasteiger partial charge in [-0.15, -0.1) is 0 Å². The predicted octanol–water partition coefficient (Wildman–Crippen LogP) is 1.76. The van der Waals surface area contributed by atoms with Crippen LogP contribution in [-0.4, -0.2) is 78.4 Å². The van der Waals surface area contributed by atoms with Gasteiger partial charge in [0.2, 0.25) is 11.8 Å². The number of amides is 3. The van der Waals surface area contributed by atoms with E-state index >= 15 is 0 Å². The van der Waals surface area contributed by atoms with Crippen LogP contribution in [0.5, 0.6) is 0 Å². The fourth-order valence-electron chi connectivity index (χ4n) is 4.98. The fraction of sp³-hybridized carbons (Fsp3) is 0.609. The minimum Gasteiger partial charge on any atom is -0.444 e. The van der Waals surface area contributed by atoms with Crippen molar-refractivity contribution < 1.29 is 29.1 Å². The number of hydrogen-bond acceptors (Lipinski definition) is 6. The second-order valence-corrected chi connectivity index (χ2v) is 8.80. The van der Waals surface area contributed by atoms with Crippen LogP contribution in [0.1, 0.15) is 37.2 Å². The Bertz CT molecular complexity index is 805. The number of carbonyl (C=O) groups is 3. The van der Waals surface area contributed by atoms with E-state index in [4.69, 9.17) is 9.47 Å². The molecular formula is C23H31N3O6. The molecule has 1 unspecified atom stereocenters. The highest BCUT2D eigenvalue weighted by Crippen LogP contribution is 2.32. The first-order valence-electron chi connectivity index (χ1n) is 11.4. The third kappa shape index (κ3) is 5.05. The Morgan fingerprint density at radius 3 is 2.34 bits per heavy atom. The van der Waals surface area contributed by atoms with Crippen molar-refractivity contribution in [2.24, 2.45) is 11.8 Å². The lowest BCUT2D eigenvalue weighted by Crippen LogP contribution is -2.54. The first-order valence-corrected chi connectivity index (χ1v) is 11.4. The van der Waals surface area contributed by atoms with Gasteiger partial charge in [-0.3, -0.25) is 14.8 Å². The molecule has 3 saturated heterocycles. The van der Waals surface area contributed by atoms with Gasteiger partial charge in [-0.2, -0.15) is 0 Å². The van der Waals surface area contributed by atoms with Gasteiger partial charge in [-0.25, -0.2) is 10.3 Å². The van der Waals surface area contributed by atoms with Gasteiger partial charge in [-0.1, -0.05) is 30.3 Å². The maximum atomic E-state index is 13.3. The van der Waals surface area contributed by atoms with E-state index in [1.165, 1.54) is 10.5 Å². The zero-order chi connectivity index (χ0) is 22.5. The normalized spacial score (nSPS) is 26.6. The van der Waals surface area contributed by atoms with Crippen molar-refractivity contribution >= 4 is 17.9 Å². The van der Waals surface area contributed by atoms with Crippen LogP contribution in [0.25, 0.3) is 0 Å². The Balaban J connectivity index is 1.36. The average molecular weight is 446 g/mol. The molecule has 0 spiro atoms. The minimum atomic E-state index is -0.819. The standard InChI is InChI=1S/C23H31N3O6/c27-21(24-30)20-14-26(23(29)32-18-9-13-31-15-18)12-8-19(20)22(28)25-10-6-17(7-11-25)16-4-2-1-3-5-16/h1-5,17-20,30H,6-15H2,(H,24,27)/t18?,19-,20-/m0/s1. The number of nitrogens with zero attached hydrogens (tertiary/aromatic N) is 2. The van der Waals surface area contributed by atoms with Gasteiger partial charge in [0.05, 0.1) is 25.0 Å². The number of ether oxygens (including phenoxy) is 2. The molecular weight excluding hydrogens is 414 g/mol. The molecule has 3 fully saturated rings. The van der Waals surface area contributed by atoms with Gasteiger partial charge >= 0.3 is 6.09 Å². The van der Waals surface area contributed by atoms with Crippen LogP contribution in [0.15, 0.2) is 30.3 Å². The van der Waals surface area contributed by atoms with Crippen molar-refractivity contribution in [2.45, 2.75) is 37.7 Å². The van der Waals surface area contributed by atoms with E-state index in [0.29, 0.717) is 51.6 Å². The molecule has 4 rings (SSSR count). The van der Waals surface area contributed by atoms with E-state index in [9.17, 15) is 19.6 Å². The van der Waals surface area contributed by atoms with Gasteiger partial charge < -0.3 is 19.3 Å².